The SMILES string of the molecule is Br.O=C(C[n+]1cc(-c2ccccc2)n2c1CCC2)c1ccc(Cl)cc1Cl. The number of halogens is 3. The molecule has 0 atom stereocenters. The Morgan fingerprint density at radius 1 is 1.12 bits per heavy atom. The van der Waals surface area contributed by atoms with Crippen LogP contribution < -0.4 is 4.57 Å². The van der Waals surface area contributed by atoms with Gasteiger partial charge in [-0.3, -0.25) is 4.79 Å². The quantitative estimate of drug-likeness (QED) is 0.396. The number of hydrogen-bond acceptors (Lipinski definition) is 1. The lowest BCUT2D eigenvalue weighted by atomic mass is 10.1. The Morgan fingerprint density at radius 3 is 2.62 bits per heavy atom. The molecular weight excluding hydrogens is 435 g/mol. The van der Waals surface area contributed by atoms with Crippen LogP contribution in [-0.2, 0) is 19.5 Å². The third-order valence-corrected chi connectivity index (χ3v) is 5.16. The molecule has 1 aliphatic heterocycles. The second-order valence-electron chi connectivity index (χ2n) is 6.23. The number of carbonyl (C=O) groups excluding carboxylic acids is 1. The van der Waals surface area contributed by atoms with Gasteiger partial charge in [-0.1, -0.05) is 53.5 Å². The van der Waals surface area contributed by atoms with Crippen LogP contribution in [0, 0.1) is 0 Å². The summed E-state index contributed by atoms with van der Waals surface area (Å²) in [5.74, 6) is 1.18. The molecule has 0 saturated heterocycles. The average molecular weight is 453 g/mol. The van der Waals surface area contributed by atoms with E-state index in [-0.39, 0.29) is 29.3 Å². The number of rotatable bonds is 4. The van der Waals surface area contributed by atoms with Gasteiger partial charge in [0.2, 0.25) is 5.78 Å². The maximum atomic E-state index is 12.7. The molecule has 0 radical (unpaired) electrons. The van der Waals surface area contributed by atoms with Crippen LogP contribution in [0.1, 0.15) is 22.6 Å². The maximum Gasteiger partial charge on any atom is 0.257 e. The molecular formula is C20H18BrCl2N2O+. The van der Waals surface area contributed by atoms with Crippen LogP contribution in [0.2, 0.25) is 10.0 Å². The fourth-order valence-electron chi connectivity index (χ4n) is 3.44. The monoisotopic (exact) mass is 451 g/mol. The molecule has 1 aliphatic rings. The lowest BCUT2D eigenvalue weighted by molar-refractivity contribution is -0.689. The Bertz CT molecular complexity index is 954. The van der Waals surface area contributed by atoms with E-state index in [2.05, 4.69) is 27.5 Å². The van der Waals surface area contributed by atoms with Gasteiger partial charge in [0, 0.05) is 16.1 Å². The number of benzene rings is 2. The molecule has 0 aliphatic carbocycles. The molecule has 0 saturated carbocycles. The van der Waals surface area contributed by atoms with Crippen molar-refractivity contribution in [3.05, 3.63) is 76.2 Å². The normalized spacial score (nSPS) is 12.5. The first-order valence-electron chi connectivity index (χ1n) is 8.29. The first-order valence-corrected chi connectivity index (χ1v) is 9.04. The zero-order chi connectivity index (χ0) is 17.4. The van der Waals surface area contributed by atoms with Gasteiger partial charge in [-0.05, 0) is 24.6 Å². The number of hydrogen-bond donors (Lipinski definition) is 0. The predicted octanol–water partition coefficient (Wildman–Crippen LogP) is 5.16. The van der Waals surface area contributed by atoms with Crippen molar-refractivity contribution in [3.63, 3.8) is 0 Å². The Balaban J connectivity index is 0.00000196. The molecule has 6 heteroatoms. The van der Waals surface area contributed by atoms with Gasteiger partial charge in [-0.25, -0.2) is 9.13 Å². The average Bonchev–Trinajstić information content (AvgIpc) is 3.19. The summed E-state index contributed by atoms with van der Waals surface area (Å²) >= 11 is 12.1. The molecule has 134 valence electrons. The molecule has 3 nitrogen and oxygen atoms in total. The maximum absolute atomic E-state index is 12.7. The van der Waals surface area contributed by atoms with Gasteiger partial charge in [0.25, 0.3) is 5.82 Å². The van der Waals surface area contributed by atoms with Gasteiger partial charge in [0.05, 0.1) is 18.0 Å². The number of nitrogens with zero attached hydrogens (tertiary/aromatic N) is 2. The van der Waals surface area contributed by atoms with E-state index in [1.165, 1.54) is 11.4 Å². The van der Waals surface area contributed by atoms with Crippen LogP contribution in [0.15, 0.2) is 54.7 Å². The molecule has 2 heterocycles. The number of carbonyl (C=O) groups is 1. The number of aromatic nitrogens is 2. The topological polar surface area (TPSA) is 25.9 Å². The second-order valence-corrected chi connectivity index (χ2v) is 7.07. The fraction of sp³-hybridized carbons (Fsp3) is 0.200. The Labute approximate surface area is 172 Å². The molecule has 0 amide bonds. The minimum Gasteiger partial charge on any atom is -0.290 e. The Kier molecular flexibility index (Phi) is 5.86. The Morgan fingerprint density at radius 2 is 1.88 bits per heavy atom. The molecule has 0 N–H and O–H groups in total. The fourth-order valence-corrected chi connectivity index (χ4v) is 3.95. The number of fused-ring (bicyclic) bond motifs is 1. The van der Waals surface area contributed by atoms with Crippen LogP contribution >= 0.6 is 40.2 Å². The van der Waals surface area contributed by atoms with Crippen molar-refractivity contribution in [2.75, 3.05) is 0 Å². The van der Waals surface area contributed by atoms with E-state index in [1.54, 1.807) is 18.2 Å². The molecule has 4 rings (SSSR count). The van der Waals surface area contributed by atoms with E-state index in [1.807, 2.05) is 18.2 Å². The smallest absolute Gasteiger partial charge is 0.257 e. The van der Waals surface area contributed by atoms with Crippen molar-refractivity contribution in [2.45, 2.75) is 25.9 Å². The summed E-state index contributed by atoms with van der Waals surface area (Å²) in [5, 5.41) is 0.933. The van der Waals surface area contributed by atoms with E-state index in [0.29, 0.717) is 15.6 Å². The van der Waals surface area contributed by atoms with Crippen molar-refractivity contribution in [3.8, 4) is 11.3 Å². The lowest BCUT2D eigenvalue weighted by Gasteiger charge is -2.03. The minimum atomic E-state index is -0.00780. The first-order chi connectivity index (χ1) is 12.1. The highest BCUT2D eigenvalue weighted by atomic mass is 79.9. The van der Waals surface area contributed by atoms with Gasteiger partial charge in [-0.15, -0.1) is 17.0 Å². The van der Waals surface area contributed by atoms with Crippen LogP contribution in [0.3, 0.4) is 0 Å². The van der Waals surface area contributed by atoms with Crippen molar-refractivity contribution in [1.29, 1.82) is 0 Å². The van der Waals surface area contributed by atoms with Gasteiger partial charge in [0.1, 0.15) is 6.20 Å². The van der Waals surface area contributed by atoms with Gasteiger partial charge < -0.3 is 0 Å². The van der Waals surface area contributed by atoms with Gasteiger partial charge in [0.15, 0.2) is 12.2 Å². The first kappa shape index (κ1) is 19.2. The molecule has 0 bridgehead atoms. The van der Waals surface area contributed by atoms with E-state index < -0.39 is 0 Å². The van der Waals surface area contributed by atoms with Crippen LogP contribution in [0.5, 0.6) is 0 Å². The van der Waals surface area contributed by atoms with Crippen molar-refractivity contribution >= 4 is 46.0 Å². The largest absolute Gasteiger partial charge is 0.290 e. The van der Waals surface area contributed by atoms with E-state index in [4.69, 9.17) is 23.2 Å². The second kappa shape index (κ2) is 7.95. The van der Waals surface area contributed by atoms with E-state index in [0.717, 1.165) is 25.1 Å². The summed E-state index contributed by atoms with van der Waals surface area (Å²) in [7, 11) is 0. The summed E-state index contributed by atoms with van der Waals surface area (Å²) in [4.78, 5) is 12.7. The molecule has 26 heavy (non-hydrogen) atoms. The number of imidazole rings is 1. The molecule has 0 spiro atoms. The van der Waals surface area contributed by atoms with Crippen molar-refractivity contribution in [1.82, 2.24) is 4.57 Å². The summed E-state index contributed by atoms with van der Waals surface area (Å²) in [6.07, 6.45) is 4.16. The highest BCUT2D eigenvalue weighted by Crippen LogP contribution is 2.25. The minimum absolute atomic E-state index is 0. The van der Waals surface area contributed by atoms with Crippen LogP contribution in [0.4, 0.5) is 0 Å². The molecule has 0 fully saturated rings. The summed E-state index contributed by atoms with van der Waals surface area (Å²) in [6.45, 7) is 1.27. The van der Waals surface area contributed by atoms with E-state index in [9.17, 15) is 4.79 Å². The highest BCUT2D eigenvalue weighted by Gasteiger charge is 2.30. The van der Waals surface area contributed by atoms with Crippen molar-refractivity contribution in [2.24, 2.45) is 0 Å². The summed E-state index contributed by atoms with van der Waals surface area (Å²) < 4.78 is 4.37. The zero-order valence-electron chi connectivity index (χ0n) is 14.0. The third-order valence-electron chi connectivity index (χ3n) is 4.61. The van der Waals surface area contributed by atoms with Gasteiger partial charge in [-0.2, -0.15) is 0 Å². The predicted molar refractivity (Wildman–Crippen MR) is 109 cm³/mol. The lowest BCUT2D eigenvalue weighted by Crippen LogP contribution is -2.40. The number of ketones is 1. The Hall–Kier alpha value is -1.62. The molecule has 1 aromatic heterocycles. The van der Waals surface area contributed by atoms with Crippen LogP contribution in [-0.4, -0.2) is 10.4 Å². The molecule has 0 unspecified atom stereocenters. The van der Waals surface area contributed by atoms with Crippen LogP contribution in [0.25, 0.3) is 11.3 Å². The summed E-state index contributed by atoms with van der Waals surface area (Å²) in [6, 6.07) is 15.3. The van der Waals surface area contributed by atoms with Crippen molar-refractivity contribution < 1.29 is 9.36 Å². The number of Topliss-reactive ketones (excluding diaryl/α,β-unsaturated/α-hetero) is 1. The van der Waals surface area contributed by atoms with Gasteiger partial charge >= 0.3 is 0 Å². The molecule has 2 aromatic carbocycles. The molecule has 3 aromatic rings. The van der Waals surface area contributed by atoms with E-state index >= 15 is 0 Å². The highest BCUT2D eigenvalue weighted by molar-refractivity contribution is 8.93. The zero-order valence-corrected chi connectivity index (χ0v) is 17.2. The standard InChI is InChI=1S/C20H17Cl2N2O.BrH/c21-15-8-9-16(17(22)11-15)19(25)13-23-12-18(14-5-2-1-3-6-14)24-10-4-7-20(23)24;/h1-3,5-6,8-9,11-12H,4,7,10,13H2;1H/q+1;. The summed E-state index contributed by atoms with van der Waals surface area (Å²) in [5.41, 5.74) is 2.84. The third kappa shape index (κ3) is 3.59.